The van der Waals surface area contributed by atoms with Gasteiger partial charge in [-0.15, -0.1) is 0 Å². The number of aromatic nitrogens is 2. The molecule has 5 nitrogen and oxygen atoms in total. The van der Waals surface area contributed by atoms with Crippen LogP contribution in [-0.4, -0.2) is 26.2 Å². The molecule has 5 heteroatoms. The van der Waals surface area contributed by atoms with Crippen molar-refractivity contribution in [3.05, 3.63) is 54.4 Å². The van der Waals surface area contributed by atoms with E-state index in [1.54, 1.807) is 42.7 Å². The van der Waals surface area contributed by atoms with Gasteiger partial charge in [-0.3, -0.25) is 9.97 Å². The predicted molar refractivity (Wildman–Crippen MR) is 73.6 cm³/mol. The van der Waals surface area contributed by atoms with Gasteiger partial charge in [-0.2, -0.15) is 0 Å². The Labute approximate surface area is 114 Å². The third kappa shape index (κ3) is 1.95. The molecule has 0 unspecified atom stereocenters. The van der Waals surface area contributed by atoms with Gasteiger partial charge in [0.15, 0.2) is 0 Å². The Balaban J connectivity index is 2.25. The standard InChI is InChI=1S/C15H10N2O3/c18-13-3-1-2-10(14(13)15(19)20)9-4-5-11-12(8-9)17-7-6-16-11/h1-8,18H,(H,19,20). The zero-order valence-corrected chi connectivity index (χ0v) is 10.3. The second-order valence-corrected chi connectivity index (χ2v) is 4.26. The molecule has 3 aromatic rings. The van der Waals surface area contributed by atoms with Crippen molar-refractivity contribution in [2.24, 2.45) is 0 Å². The molecule has 0 spiro atoms. The first-order valence-electron chi connectivity index (χ1n) is 5.93. The molecule has 0 aliphatic heterocycles. The van der Waals surface area contributed by atoms with Gasteiger partial charge in [0, 0.05) is 18.0 Å². The van der Waals surface area contributed by atoms with Crippen molar-refractivity contribution >= 4 is 17.0 Å². The van der Waals surface area contributed by atoms with E-state index in [1.807, 2.05) is 0 Å². The van der Waals surface area contributed by atoms with Crippen molar-refractivity contribution in [1.82, 2.24) is 9.97 Å². The van der Waals surface area contributed by atoms with Crippen molar-refractivity contribution in [3.8, 4) is 16.9 Å². The summed E-state index contributed by atoms with van der Waals surface area (Å²) in [6, 6.07) is 9.90. The fraction of sp³-hybridized carbons (Fsp3) is 0. The first kappa shape index (κ1) is 12.1. The number of carbonyl (C=O) groups is 1. The molecular formula is C15H10N2O3. The summed E-state index contributed by atoms with van der Waals surface area (Å²) in [5, 5.41) is 19.0. The van der Waals surface area contributed by atoms with E-state index >= 15 is 0 Å². The molecule has 20 heavy (non-hydrogen) atoms. The van der Waals surface area contributed by atoms with Gasteiger partial charge in [0.1, 0.15) is 11.3 Å². The van der Waals surface area contributed by atoms with Crippen molar-refractivity contribution in [2.75, 3.05) is 0 Å². The Morgan fingerprint density at radius 2 is 1.75 bits per heavy atom. The number of benzene rings is 2. The monoisotopic (exact) mass is 266 g/mol. The zero-order chi connectivity index (χ0) is 14.1. The summed E-state index contributed by atoms with van der Waals surface area (Å²) in [6.07, 6.45) is 3.17. The van der Waals surface area contributed by atoms with Crippen LogP contribution in [0.3, 0.4) is 0 Å². The smallest absolute Gasteiger partial charge is 0.340 e. The molecule has 0 aliphatic carbocycles. The number of phenols is 1. The minimum Gasteiger partial charge on any atom is -0.507 e. The Morgan fingerprint density at radius 1 is 1.00 bits per heavy atom. The van der Waals surface area contributed by atoms with E-state index in [0.717, 1.165) is 5.52 Å². The van der Waals surface area contributed by atoms with Crippen molar-refractivity contribution in [1.29, 1.82) is 0 Å². The van der Waals surface area contributed by atoms with E-state index < -0.39 is 5.97 Å². The molecule has 2 aromatic carbocycles. The maximum Gasteiger partial charge on any atom is 0.340 e. The number of hydrogen-bond donors (Lipinski definition) is 2. The largest absolute Gasteiger partial charge is 0.507 e. The number of aromatic carboxylic acids is 1. The molecule has 3 rings (SSSR count). The maximum atomic E-state index is 11.3. The van der Waals surface area contributed by atoms with Crippen LogP contribution in [0.25, 0.3) is 22.2 Å². The maximum absolute atomic E-state index is 11.3. The molecule has 0 atom stereocenters. The van der Waals surface area contributed by atoms with Crippen LogP contribution in [-0.2, 0) is 0 Å². The molecule has 0 fully saturated rings. The van der Waals surface area contributed by atoms with Crippen LogP contribution in [0.4, 0.5) is 0 Å². The summed E-state index contributed by atoms with van der Waals surface area (Å²) in [6.45, 7) is 0. The average molecular weight is 266 g/mol. The van der Waals surface area contributed by atoms with Gasteiger partial charge in [-0.25, -0.2) is 4.79 Å². The lowest BCUT2D eigenvalue weighted by Gasteiger charge is -2.08. The first-order chi connectivity index (χ1) is 9.66. The molecule has 0 aliphatic rings. The molecule has 0 saturated carbocycles. The lowest BCUT2D eigenvalue weighted by atomic mass is 9.98. The summed E-state index contributed by atoms with van der Waals surface area (Å²) in [5.74, 6) is -1.42. The number of fused-ring (bicyclic) bond motifs is 1. The quantitative estimate of drug-likeness (QED) is 0.745. The molecule has 0 amide bonds. The van der Waals surface area contributed by atoms with Crippen LogP contribution in [0.5, 0.6) is 5.75 Å². The topological polar surface area (TPSA) is 83.3 Å². The molecule has 0 bridgehead atoms. The lowest BCUT2D eigenvalue weighted by molar-refractivity contribution is 0.0694. The highest BCUT2D eigenvalue weighted by Gasteiger charge is 2.16. The van der Waals surface area contributed by atoms with Crippen LogP contribution < -0.4 is 0 Å². The molecule has 0 radical (unpaired) electrons. The number of hydrogen-bond acceptors (Lipinski definition) is 4. The molecular weight excluding hydrogens is 256 g/mol. The molecule has 98 valence electrons. The number of nitrogens with zero attached hydrogens (tertiary/aromatic N) is 2. The van der Waals surface area contributed by atoms with Crippen LogP contribution >= 0.6 is 0 Å². The summed E-state index contributed by atoms with van der Waals surface area (Å²) < 4.78 is 0. The summed E-state index contributed by atoms with van der Waals surface area (Å²) >= 11 is 0. The molecule has 0 saturated heterocycles. The van der Waals surface area contributed by atoms with Gasteiger partial charge in [-0.05, 0) is 23.8 Å². The van der Waals surface area contributed by atoms with E-state index in [0.29, 0.717) is 16.6 Å². The fourth-order valence-corrected chi connectivity index (χ4v) is 2.14. The van der Waals surface area contributed by atoms with Gasteiger partial charge in [-0.1, -0.05) is 18.2 Å². The number of carboxylic acids is 1. The molecule has 1 aromatic heterocycles. The first-order valence-corrected chi connectivity index (χ1v) is 5.93. The Kier molecular flexibility index (Phi) is 2.80. The van der Waals surface area contributed by atoms with Crippen LogP contribution in [0.2, 0.25) is 0 Å². The van der Waals surface area contributed by atoms with E-state index in [-0.39, 0.29) is 11.3 Å². The van der Waals surface area contributed by atoms with Crippen LogP contribution in [0.1, 0.15) is 10.4 Å². The normalized spacial score (nSPS) is 10.6. The average Bonchev–Trinajstić information content (AvgIpc) is 2.46. The van der Waals surface area contributed by atoms with Gasteiger partial charge in [0.05, 0.1) is 11.0 Å². The Morgan fingerprint density at radius 3 is 2.50 bits per heavy atom. The van der Waals surface area contributed by atoms with E-state index in [4.69, 9.17) is 0 Å². The Bertz CT molecular complexity index is 815. The van der Waals surface area contributed by atoms with Gasteiger partial charge in [0.25, 0.3) is 0 Å². The molecule has 2 N–H and O–H groups in total. The van der Waals surface area contributed by atoms with Gasteiger partial charge >= 0.3 is 5.97 Å². The summed E-state index contributed by atoms with van der Waals surface area (Å²) in [4.78, 5) is 19.6. The summed E-state index contributed by atoms with van der Waals surface area (Å²) in [7, 11) is 0. The third-order valence-corrected chi connectivity index (χ3v) is 3.04. The summed E-state index contributed by atoms with van der Waals surface area (Å²) in [5.41, 5.74) is 2.41. The minimum atomic E-state index is -1.17. The second kappa shape index (κ2) is 4.62. The van der Waals surface area contributed by atoms with Gasteiger partial charge < -0.3 is 10.2 Å². The van der Waals surface area contributed by atoms with Crippen LogP contribution in [0.15, 0.2) is 48.8 Å². The van der Waals surface area contributed by atoms with Gasteiger partial charge in [0.2, 0.25) is 0 Å². The minimum absolute atomic E-state index is 0.115. The molecule has 1 heterocycles. The van der Waals surface area contributed by atoms with E-state index in [1.165, 1.54) is 6.07 Å². The van der Waals surface area contributed by atoms with E-state index in [9.17, 15) is 15.0 Å². The predicted octanol–water partition coefficient (Wildman–Crippen LogP) is 2.70. The van der Waals surface area contributed by atoms with Crippen molar-refractivity contribution < 1.29 is 15.0 Å². The van der Waals surface area contributed by atoms with Crippen molar-refractivity contribution in [3.63, 3.8) is 0 Å². The zero-order valence-electron chi connectivity index (χ0n) is 10.3. The second-order valence-electron chi connectivity index (χ2n) is 4.26. The highest BCUT2D eigenvalue weighted by Crippen LogP contribution is 2.31. The third-order valence-electron chi connectivity index (χ3n) is 3.04. The fourth-order valence-electron chi connectivity index (χ4n) is 2.14. The number of aromatic hydroxyl groups is 1. The highest BCUT2D eigenvalue weighted by atomic mass is 16.4. The highest BCUT2D eigenvalue weighted by molar-refractivity contribution is 5.99. The SMILES string of the molecule is O=C(O)c1c(O)cccc1-c1ccc2nccnc2c1. The van der Waals surface area contributed by atoms with Crippen LogP contribution in [0, 0.1) is 0 Å². The van der Waals surface area contributed by atoms with E-state index in [2.05, 4.69) is 9.97 Å². The lowest BCUT2D eigenvalue weighted by Crippen LogP contribution is -2.00. The van der Waals surface area contributed by atoms with Crippen molar-refractivity contribution in [2.45, 2.75) is 0 Å². The Hall–Kier alpha value is -2.95. The number of rotatable bonds is 2. The number of carboxylic acid groups (broad SMARTS) is 1.